The van der Waals surface area contributed by atoms with Gasteiger partial charge in [-0.15, -0.1) is 0 Å². The van der Waals surface area contributed by atoms with Crippen molar-refractivity contribution in [2.24, 2.45) is 0 Å². The molecule has 0 saturated carbocycles. The monoisotopic (exact) mass is 380 g/mol. The lowest BCUT2D eigenvalue weighted by Crippen LogP contribution is -2.23. The Hall–Kier alpha value is -3.81. The van der Waals surface area contributed by atoms with Crippen LogP contribution < -0.4 is 5.32 Å². The van der Waals surface area contributed by atoms with Gasteiger partial charge in [-0.1, -0.05) is 11.2 Å². The summed E-state index contributed by atoms with van der Waals surface area (Å²) in [5.41, 5.74) is 2.29. The number of hydrogen-bond donors (Lipinski definition) is 2. The van der Waals surface area contributed by atoms with Crippen molar-refractivity contribution in [3.05, 3.63) is 84.1 Å². The van der Waals surface area contributed by atoms with Gasteiger partial charge in [-0.05, 0) is 35.9 Å². The van der Waals surface area contributed by atoms with Crippen molar-refractivity contribution in [2.45, 2.75) is 6.54 Å². The zero-order chi connectivity index (χ0) is 19.5. The molecule has 0 unspecified atom stereocenters. The number of aromatic amines is 1. The van der Waals surface area contributed by atoms with E-state index in [2.05, 4.69) is 20.4 Å². The largest absolute Gasteiger partial charge is 0.363 e. The third kappa shape index (κ3) is 3.52. The first kappa shape index (κ1) is 17.6. The Labute approximate surface area is 158 Å². The van der Waals surface area contributed by atoms with Crippen LogP contribution in [0, 0.1) is 11.6 Å². The van der Waals surface area contributed by atoms with E-state index in [-0.39, 0.29) is 11.5 Å². The number of hydrogen-bond acceptors (Lipinski definition) is 4. The molecule has 2 N–H and O–H groups in total. The van der Waals surface area contributed by atoms with Gasteiger partial charge in [0.1, 0.15) is 29.3 Å². The second-order valence-electron chi connectivity index (χ2n) is 6.05. The highest BCUT2D eigenvalue weighted by atomic mass is 19.1. The number of nitrogens with one attached hydrogen (secondary N) is 2. The van der Waals surface area contributed by atoms with Gasteiger partial charge in [0.15, 0.2) is 0 Å². The van der Waals surface area contributed by atoms with E-state index in [9.17, 15) is 13.6 Å². The summed E-state index contributed by atoms with van der Waals surface area (Å²) in [5.74, 6) is -1.50. The summed E-state index contributed by atoms with van der Waals surface area (Å²) in [5, 5.41) is 6.65. The van der Waals surface area contributed by atoms with E-state index in [0.717, 1.165) is 23.8 Å². The molecule has 3 aromatic heterocycles. The van der Waals surface area contributed by atoms with Gasteiger partial charge < -0.3 is 14.8 Å². The number of halogens is 2. The average molecular weight is 380 g/mol. The standard InChI is InChI=1S/C20H14F2N4O2/c21-14-3-4-17(22)15(7-14)16-11-28-26-19(16)13-6-18(24-10-13)20(27)25-9-12-2-1-5-23-8-12/h1-8,10-11,24H,9H2,(H,25,27). The first-order valence-corrected chi connectivity index (χ1v) is 8.37. The zero-order valence-corrected chi connectivity index (χ0v) is 14.4. The third-order valence-electron chi connectivity index (χ3n) is 4.17. The summed E-state index contributed by atoms with van der Waals surface area (Å²) in [6.45, 7) is 0.324. The molecule has 0 saturated heterocycles. The van der Waals surface area contributed by atoms with Gasteiger partial charge in [-0.3, -0.25) is 9.78 Å². The number of amides is 1. The van der Waals surface area contributed by atoms with Crippen molar-refractivity contribution in [2.75, 3.05) is 0 Å². The van der Waals surface area contributed by atoms with Crippen LogP contribution in [0.15, 0.2) is 65.8 Å². The number of rotatable bonds is 5. The minimum Gasteiger partial charge on any atom is -0.363 e. The molecular formula is C20H14F2N4O2. The van der Waals surface area contributed by atoms with Crippen molar-refractivity contribution in [3.8, 4) is 22.4 Å². The number of nitrogens with zero attached hydrogens (tertiary/aromatic N) is 2. The molecule has 4 rings (SSSR count). The van der Waals surface area contributed by atoms with Crippen LogP contribution in [-0.2, 0) is 6.54 Å². The average Bonchev–Trinajstić information content (AvgIpc) is 3.38. The maximum absolute atomic E-state index is 14.1. The molecule has 140 valence electrons. The van der Waals surface area contributed by atoms with Gasteiger partial charge in [0.25, 0.3) is 5.91 Å². The van der Waals surface area contributed by atoms with Crippen LogP contribution in [0.5, 0.6) is 0 Å². The van der Waals surface area contributed by atoms with Crippen LogP contribution in [0.2, 0.25) is 0 Å². The Morgan fingerprint density at radius 3 is 2.89 bits per heavy atom. The Bertz CT molecular complexity index is 1120. The molecule has 6 nitrogen and oxygen atoms in total. The number of carbonyl (C=O) groups is 1. The van der Waals surface area contributed by atoms with Crippen molar-refractivity contribution in [1.29, 1.82) is 0 Å². The number of aromatic nitrogens is 3. The molecule has 0 spiro atoms. The number of H-pyrrole nitrogens is 1. The highest BCUT2D eigenvalue weighted by molar-refractivity contribution is 5.94. The zero-order valence-electron chi connectivity index (χ0n) is 14.4. The van der Waals surface area contributed by atoms with E-state index >= 15 is 0 Å². The highest BCUT2D eigenvalue weighted by Crippen LogP contribution is 2.33. The smallest absolute Gasteiger partial charge is 0.267 e. The van der Waals surface area contributed by atoms with Gasteiger partial charge in [-0.25, -0.2) is 8.78 Å². The molecule has 0 aliphatic heterocycles. The van der Waals surface area contributed by atoms with E-state index in [0.29, 0.717) is 29.1 Å². The van der Waals surface area contributed by atoms with Gasteiger partial charge in [0, 0.05) is 36.3 Å². The molecular weight excluding hydrogens is 366 g/mol. The van der Waals surface area contributed by atoms with Crippen LogP contribution in [0.25, 0.3) is 22.4 Å². The van der Waals surface area contributed by atoms with Crippen LogP contribution in [-0.4, -0.2) is 21.0 Å². The third-order valence-corrected chi connectivity index (χ3v) is 4.17. The predicted octanol–water partition coefficient (Wildman–Crippen LogP) is 3.94. The molecule has 28 heavy (non-hydrogen) atoms. The quantitative estimate of drug-likeness (QED) is 0.549. The molecule has 0 radical (unpaired) electrons. The molecule has 1 aromatic carbocycles. The van der Waals surface area contributed by atoms with E-state index < -0.39 is 11.6 Å². The summed E-state index contributed by atoms with van der Waals surface area (Å²) in [6, 6.07) is 8.34. The van der Waals surface area contributed by atoms with E-state index in [1.165, 1.54) is 6.26 Å². The summed E-state index contributed by atoms with van der Waals surface area (Å²) in [6.07, 6.45) is 6.11. The highest BCUT2D eigenvalue weighted by Gasteiger charge is 2.19. The maximum Gasteiger partial charge on any atom is 0.267 e. The van der Waals surface area contributed by atoms with Crippen molar-refractivity contribution < 1.29 is 18.1 Å². The second kappa shape index (κ2) is 7.43. The lowest BCUT2D eigenvalue weighted by molar-refractivity contribution is 0.0946. The molecule has 1 amide bonds. The van der Waals surface area contributed by atoms with Gasteiger partial charge in [0.05, 0.1) is 5.56 Å². The Morgan fingerprint density at radius 2 is 2.07 bits per heavy atom. The van der Waals surface area contributed by atoms with E-state index in [1.54, 1.807) is 30.7 Å². The molecule has 0 bridgehead atoms. The summed E-state index contributed by atoms with van der Waals surface area (Å²) in [4.78, 5) is 19.2. The number of benzene rings is 1. The first-order valence-electron chi connectivity index (χ1n) is 8.37. The minimum absolute atomic E-state index is 0.0278. The summed E-state index contributed by atoms with van der Waals surface area (Å²) >= 11 is 0. The normalized spacial score (nSPS) is 10.8. The van der Waals surface area contributed by atoms with Crippen LogP contribution >= 0.6 is 0 Å². The molecule has 0 aliphatic carbocycles. The maximum atomic E-state index is 14.1. The Balaban J connectivity index is 1.56. The minimum atomic E-state index is -0.601. The van der Waals surface area contributed by atoms with Crippen LogP contribution in [0.1, 0.15) is 16.1 Å². The fourth-order valence-corrected chi connectivity index (χ4v) is 2.78. The Morgan fingerprint density at radius 1 is 1.18 bits per heavy atom. The fourth-order valence-electron chi connectivity index (χ4n) is 2.78. The number of carbonyl (C=O) groups excluding carboxylic acids is 1. The predicted molar refractivity (Wildman–Crippen MR) is 97.0 cm³/mol. The SMILES string of the molecule is O=C(NCc1cccnc1)c1cc(-c2nocc2-c2cc(F)ccc2F)c[nH]1. The van der Waals surface area contributed by atoms with Crippen molar-refractivity contribution >= 4 is 5.91 Å². The van der Waals surface area contributed by atoms with Gasteiger partial charge in [0.2, 0.25) is 0 Å². The molecule has 0 fully saturated rings. The second-order valence-corrected chi connectivity index (χ2v) is 6.05. The van der Waals surface area contributed by atoms with Gasteiger partial charge >= 0.3 is 0 Å². The molecule has 0 atom stereocenters. The van der Waals surface area contributed by atoms with E-state index in [4.69, 9.17) is 4.52 Å². The molecule has 0 aliphatic rings. The van der Waals surface area contributed by atoms with Crippen molar-refractivity contribution in [1.82, 2.24) is 20.4 Å². The van der Waals surface area contributed by atoms with Crippen LogP contribution in [0.3, 0.4) is 0 Å². The summed E-state index contributed by atoms with van der Waals surface area (Å²) < 4.78 is 32.6. The van der Waals surface area contributed by atoms with Crippen molar-refractivity contribution in [3.63, 3.8) is 0 Å². The number of pyridine rings is 1. The Kier molecular flexibility index (Phi) is 4.67. The lowest BCUT2D eigenvalue weighted by atomic mass is 10.0. The van der Waals surface area contributed by atoms with Gasteiger partial charge in [-0.2, -0.15) is 0 Å². The van der Waals surface area contributed by atoms with Crippen LogP contribution in [0.4, 0.5) is 8.78 Å². The molecule has 8 heteroatoms. The fraction of sp³-hybridized carbons (Fsp3) is 0.0500. The summed E-state index contributed by atoms with van der Waals surface area (Å²) in [7, 11) is 0. The lowest BCUT2D eigenvalue weighted by Gasteiger charge is -2.03. The molecule has 4 aromatic rings. The first-order chi connectivity index (χ1) is 13.6. The topological polar surface area (TPSA) is 83.8 Å². The molecule has 3 heterocycles. The van der Waals surface area contributed by atoms with E-state index in [1.807, 2.05) is 6.07 Å².